The molecule has 1 saturated carbocycles. The number of anilines is 1. The molecule has 10 nitrogen and oxygen atoms in total. The Morgan fingerprint density at radius 3 is 2.58 bits per heavy atom. The number of hydrogen-bond acceptors (Lipinski definition) is 7. The Kier molecular flexibility index (Phi) is 7.42. The first-order chi connectivity index (χ1) is 19.2. The van der Waals surface area contributed by atoms with Crippen molar-refractivity contribution in [2.24, 2.45) is 11.7 Å². The number of nitrogens with two attached hydrogens (primary N) is 1. The number of primary amides is 1. The van der Waals surface area contributed by atoms with Crippen LogP contribution in [0.1, 0.15) is 70.3 Å². The van der Waals surface area contributed by atoms with Crippen LogP contribution in [0, 0.1) is 12.8 Å². The van der Waals surface area contributed by atoms with Crippen molar-refractivity contribution in [3.63, 3.8) is 0 Å². The highest BCUT2D eigenvalue weighted by molar-refractivity contribution is 6.23. The molecule has 1 aliphatic carbocycles. The van der Waals surface area contributed by atoms with E-state index >= 15 is 0 Å². The first-order valence-electron chi connectivity index (χ1n) is 13.0. The number of carbonyl (C=O) groups is 4. The highest BCUT2D eigenvalue weighted by Crippen LogP contribution is 2.40. The SMILES string of the molecule is Cc1cccc(-c2cn(C3CC(CNc4ccc5c(c4)C(=O)N(C(CCC=O)C(N)=O)C5=O)C3)nc2C(F)F)n1. The maximum absolute atomic E-state index is 13.7. The predicted molar refractivity (Wildman–Crippen MR) is 141 cm³/mol. The monoisotopic (exact) mass is 550 g/mol. The fourth-order valence-electron chi connectivity index (χ4n) is 5.27. The van der Waals surface area contributed by atoms with Gasteiger partial charge in [0.25, 0.3) is 18.2 Å². The summed E-state index contributed by atoms with van der Waals surface area (Å²) in [6.45, 7) is 2.37. The molecule has 2 aromatic heterocycles. The molecule has 0 bridgehead atoms. The molecule has 5 rings (SSSR count). The molecule has 208 valence electrons. The number of halogens is 2. The maximum atomic E-state index is 13.7. The Bertz CT molecular complexity index is 1480. The molecule has 3 aromatic rings. The number of carbonyl (C=O) groups excluding carboxylic acids is 4. The number of nitrogens with zero attached hydrogens (tertiary/aromatic N) is 4. The lowest BCUT2D eigenvalue weighted by Crippen LogP contribution is -2.47. The summed E-state index contributed by atoms with van der Waals surface area (Å²) in [5.74, 6) is -1.86. The summed E-state index contributed by atoms with van der Waals surface area (Å²) in [5.41, 5.74) is 7.60. The van der Waals surface area contributed by atoms with Crippen molar-refractivity contribution in [2.45, 2.75) is 51.1 Å². The Labute approximate surface area is 228 Å². The molecular weight excluding hydrogens is 522 g/mol. The van der Waals surface area contributed by atoms with Crippen LogP contribution in [0.2, 0.25) is 0 Å². The Morgan fingerprint density at radius 2 is 1.90 bits per heavy atom. The molecule has 3 N–H and O–H groups in total. The van der Waals surface area contributed by atoms with Crippen molar-refractivity contribution in [3.05, 3.63) is 65.1 Å². The molecule has 3 heterocycles. The van der Waals surface area contributed by atoms with Gasteiger partial charge in [-0.05, 0) is 62.4 Å². The van der Waals surface area contributed by atoms with Crippen molar-refractivity contribution >= 4 is 29.7 Å². The molecule has 1 atom stereocenters. The second-order valence-corrected chi connectivity index (χ2v) is 10.1. The molecule has 12 heteroatoms. The summed E-state index contributed by atoms with van der Waals surface area (Å²) in [4.78, 5) is 53.7. The van der Waals surface area contributed by atoms with Gasteiger partial charge in [-0.15, -0.1) is 0 Å². The van der Waals surface area contributed by atoms with Gasteiger partial charge < -0.3 is 15.8 Å². The molecule has 0 spiro atoms. The van der Waals surface area contributed by atoms with Gasteiger partial charge in [0.2, 0.25) is 5.91 Å². The van der Waals surface area contributed by atoms with Crippen molar-refractivity contribution in [1.29, 1.82) is 0 Å². The van der Waals surface area contributed by atoms with E-state index in [-0.39, 0.29) is 41.6 Å². The number of alkyl halides is 2. The van der Waals surface area contributed by atoms with Gasteiger partial charge >= 0.3 is 0 Å². The number of pyridine rings is 1. The van der Waals surface area contributed by atoms with E-state index < -0.39 is 30.2 Å². The fraction of sp³-hybridized carbons (Fsp3) is 0.357. The topological polar surface area (TPSA) is 140 Å². The molecular formula is C28H28F2N6O4. The van der Waals surface area contributed by atoms with E-state index in [4.69, 9.17) is 5.73 Å². The highest BCUT2D eigenvalue weighted by atomic mass is 19.3. The van der Waals surface area contributed by atoms with Crippen LogP contribution >= 0.6 is 0 Å². The molecule has 1 aliphatic heterocycles. The summed E-state index contributed by atoms with van der Waals surface area (Å²) in [6.07, 6.45) is 0.936. The van der Waals surface area contributed by atoms with Crippen LogP contribution in [0.3, 0.4) is 0 Å². The number of imide groups is 1. The number of amides is 3. The molecule has 0 saturated heterocycles. The number of benzene rings is 1. The van der Waals surface area contributed by atoms with Crippen molar-refractivity contribution in [1.82, 2.24) is 19.7 Å². The van der Waals surface area contributed by atoms with E-state index in [0.29, 0.717) is 29.8 Å². The standard InChI is InChI=1S/C28H28F2N6O4/c1-15-4-2-5-22(33-15)21-14-35(34-24(21)25(29)30)18-10-16(11-18)13-32-17-7-8-19-20(12-17)28(40)36(27(19)39)23(26(31)38)6-3-9-37/h2,4-5,7-9,12,14,16,18,23,25,32H,3,6,10-11,13H2,1H3,(H2,31,38). The lowest BCUT2D eigenvalue weighted by molar-refractivity contribution is -0.122. The Morgan fingerprint density at radius 1 is 1.15 bits per heavy atom. The molecule has 3 amide bonds. The maximum Gasteiger partial charge on any atom is 0.282 e. The van der Waals surface area contributed by atoms with Crippen LogP contribution in [0.4, 0.5) is 14.5 Å². The normalized spacial score (nSPS) is 18.9. The molecule has 1 unspecified atom stereocenters. The highest BCUT2D eigenvalue weighted by Gasteiger charge is 2.42. The lowest BCUT2D eigenvalue weighted by atomic mass is 9.80. The minimum absolute atomic E-state index is 0.0116. The van der Waals surface area contributed by atoms with E-state index in [9.17, 15) is 28.0 Å². The van der Waals surface area contributed by atoms with E-state index in [2.05, 4.69) is 15.4 Å². The third-order valence-corrected chi connectivity index (χ3v) is 7.43. The number of hydrogen-bond donors (Lipinski definition) is 2. The van der Waals surface area contributed by atoms with E-state index in [1.165, 1.54) is 6.07 Å². The van der Waals surface area contributed by atoms with Crippen molar-refractivity contribution < 1.29 is 28.0 Å². The van der Waals surface area contributed by atoms with Gasteiger partial charge in [0.15, 0.2) is 0 Å². The molecule has 40 heavy (non-hydrogen) atoms. The second kappa shape index (κ2) is 10.9. The first kappa shape index (κ1) is 27.1. The summed E-state index contributed by atoms with van der Waals surface area (Å²) < 4.78 is 29.0. The number of rotatable bonds is 11. The smallest absolute Gasteiger partial charge is 0.282 e. The van der Waals surface area contributed by atoms with E-state index in [1.807, 2.05) is 0 Å². The van der Waals surface area contributed by atoms with Gasteiger partial charge in [-0.3, -0.25) is 28.9 Å². The van der Waals surface area contributed by atoms with Crippen LogP contribution in [0.25, 0.3) is 11.3 Å². The first-order valence-corrected chi connectivity index (χ1v) is 13.0. The average molecular weight is 551 g/mol. The zero-order valence-electron chi connectivity index (χ0n) is 21.7. The third-order valence-electron chi connectivity index (χ3n) is 7.43. The molecule has 0 radical (unpaired) electrons. The minimum atomic E-state index is -2.72. The second-order valence-electron chi connectivity index (χ2n) is 10.1. The Hall–Kier alpha value is -4.48. The van der Waals surface area contributed by atoms with Gasteiger partial charge in [-0.1, -0.05) is 6.07 Å². The average Bonchev–Trinajstić information content (AvgIpc) is 3.44. The lowest BCUT2D eigenvalue weighted by Gasteiger charge is -2.35. The van der Waals surface area contributed by atoms with Crippen LogP contribution < -0.4 is 11.1 Å². The van der Waals surface area contributed by atoms with Crippen molar-refractivity contribution in [3.8, 4) is 11.3 Å². The number of fused-ring (bicyclic) bond motifs is 1. The zero-order valence-corrected chi connectivity index (χ0v) is 21.7. The molecule has 1 aromatic carbocycles. The van der Waals surface area contributed by atoms with Gasteiger partial charge in [0.05, 0.1) is 22.9 Å². The van der Waals surface area contributed by atoms with E-state index in [1.54, 1.807) is 48.1 Å². The number of aryl methyl sites for hydroxylation is 1. The summed E-state index contributed by atoms with van der Waals surface area (Å²) >= 11 is 0. The van der Waals surface area contributed by atoms with Gasteiger partial charge in [0, 0.05) is 36.1 Å². The predicted octanol–water partition coefficient (Wildman–Crippen LogP) is 3.68. The van der Waals surface area contributed by atoms with Crippen LogP contribution in [0.5, 0.6) is 0 Å². The van der Waals surface area contributed by atoms with Crippen molar-refractivity contribution in [2.75, 3.05) is 11.9 Å². The molecule has 1 fully saturated rings. The number of aromatic nitrogens is 3. The number of aldehydes is 1. The summed E-state index contributed by atoms with van der Waals surface area (Å²) in [7, 11) is 0. The van der Waals surface area contributed by atoms with Crippen LogP contribution in [-0.4, -0.2) is 56.3 Å². The Balaban J connectivity index is 1.22. The fourth-order valence-corrected chi connectivity index (χ4v) is 5.27. The van der Waals surface area contributed by atoms with E-state index in [0.717, 1.165) is 23.4 Å². The zero-order chi connectivity index (χ0) is 28.6. The van der Waals surface area contributed by atoms with Gasteiger partial charge in [0.1, 0.15) is 18.0 Å². The number of nitrogens with one attached hydrogen (secondary N) is 1. The minimum Gasteiger partial charge on any atom is -0.385 e. The van der Waals surface area contributed by atoms with Crippen LogP contribution in [-0.2, 0) is 9.59 Å². The summed E-state index contributed by atoms with van der Waals surface area (Å²) in [6, 6.07) is 8.82. The van der Waals surface area contributed by atoms with Gasteiger partial charge in [-0.25, -0.2) is 8.78 Å². The molecule has 2 aliphatic rings. The van der Waals surface area contributed by atoms with Gasteiger partial charge in [-0.2, -0.15) is 5.10 Å². The quantitative estimate of drug-likeness (QED) is 0.274. The third kappa shape index (κ3) is 5.08. The summed E-state index contributed by atoms with van der Waals surface area (Å²) in [5, 5.41) is 7.45. The largest absolute Gasteiger partial charge is 0.385 e. The van der Waals surface area contributed by atoms with Crippen LogP contribution in [0.15, 0.2) is 42.6 Å².